The summed E-state index contributed by atoms with van der Waals surface area (Å²) in [6.45, 7) is 0. The van der Waals surface area contributed by atoms with E-state index < -0.39 is 0 Å². The molecule has 0 saturated carbocycles. The maximum atomic E-state index is 11.8. The number of nitriles is 1. The molecule has 2 aromatic carbocycles. The number of hydrogen-bond acceptors (Lipinski definition) is 2. The smallest absolute Gasteiger partial charge is 0.169 e. The fraction of sp³-hybridized carbons (Fsp3) is 0. The zero-order valence-corrected chi connectivity index (χ0v) is 12.3. The summed E-state index contributed by atoms with van der Waals surface area (Å²) < 4.78 is 0. The van der Waals surface area contributed by atoms with Crippen LogP contribution in [0.2, 0.25) is 0 Å². The van der Waals surface area contributed by atoms with Gasteiger partial charge in [-0.2, -0.15) is 5.26 Å². The van der Waals surface area contributed by atoms with Crippen LogP contribution in [0.5, 0.6) is 0 Å². The van der Waals surface area contributed by atoms with Gasteiger partial charge in [0.25, 0.3) is 0 Å². The first-order valence-corrected chi connectivity index (χ1v) is 5.08. The molecule has 0 aromatic heterocycles. The Morgan fingerprint density at radius 1 is 1.17 bits per heavy atom. The van der Waals surface area contributed by atoms with Crippen LogP contribution in [0, 0.1) is 17.4 Å². The van der Waals surface area contributed by atoms with Crippen molar-refractivity contribution in [1.29, 1.82) is 5.26 Å². The number of rotatable bonds is 2. The second-order valence-corrected chi connectivity index (χ2v) is 3.39. The van der Waals surface area contributed by atoms with Gasteiger partial charge >= 0.3 is 0 Å². The molecule has 3 nitrogen and oxygen atoms in total. The van der Waals surface area contributed by atoms with Gasteiger partial charge in [-0.3, -0.25) is 0 Å². The summed E-state index contributed by atoms with van der Waals surface area (Å²) in [5, 5.41) is 11.6. The van der Waals surface area contributed by atoms with Gasteiger partial charge in [0.1, 0.15) is 6.07 Å². The average molecular weight is 405 g/mol. The third-order valence-electron chi connectivity index (χ3n) is 2.25. The summed E-state index contributed by atoms with van der Waals surface area (Å²) in [4.78, 5) is 11.8. The molecule has 1 N–H and O–H groups in total. The van der Waals surface area contributed by atoms with Crippen molar-refractivity contribution in [2.75, 3.05) is 5.32 Å². The largest absolute Gasteiger partial charge is 0.361 e. The van der Waals surface area contributed by atoms with Crippen molar-refractivity contribution in [3.05, 3.63) is 65.7 Å². The molecule has 4 heteroatoms. The fourth-order valence-electron chi connectivity index (χ4n) is 1.41. The molecule has 0 aliphatic carbocycles. The normalized spacial score (nSPS) is 8.83. The number of carbonyl (C=O) groups excluding carboxylic acids is 1. The van der Waals surface area contributed by atoms with Crippen LogP contribution < -0.4 is 5.32 Å². The van der Waals surface area contributed by atoms with Crippen molar-refractivity contribution >= 4 is 11.6 Å². The van der Waals surface area contributed by atoms with Crippen LogP contribution in [-0.4, -0.2) is 5.91 Å². The first kappa shape index (κ1) is 14.2. The zero-order valence-electron chi connectivity index (χ0n) is 9.38. The van der Waals surface area contributed by atoms with E-state index in [0.29, 0.717) is 16.8 Å². The predicted octanol–water partition coefficient (Wildman–Crippen LogP) is 2.61. The maximum Gasteiger partial charge on any atom is 0.169 e. The summed E-state index contributed by atoms with van der Waals surface area (Å²) in [5.74, 6) is -0.270. The molecular weight excluding hydrogens is 396 g/mol. The predicted molar refractivity (Wildman–Crippen MR) is 64.4 cm³/mol. The Morgan fingerprint density at radius 3 is 2.56 bits per heavy atom. The van der Waals surface area contributed by atoms with E-state index in [-0.39, 0.29) is 27.0 Å². The molecule has 0 aliphatic heterocycles. The number of carbonyl (C=O) groups is 1. The van der Waals surface area contributed by atoms with E-state index in [1.807, 2.05) is 6.07 Å². The van der Waals surface area contributed by atoms with Crippen molar-refractivity contribution in [3.63, 3.8) is 0 Å². The van der Waals surface area contributed by atoms with Gasteiger partial charge in [-0.1, -0.05) is 17.7 Å². The van der Waals surface area contributed by atoms with Gasteiger partial charge in [-0.15, -0.1) is 30.3 Å². The summed E-state index contributed by atoms with van der Waals surface area (Å²) >= 11 is 0. The Bertz CT molecular complexity index is 576. The van der Waals surface area contributed by atoms with E-state index in [4.69, 9.17) is 5.26 Å². The van der Waals surface area contributed by atoms with Gasteiger partial charge in [0.15, 0.2) is 5.91 Å². The molecule has 0 spiro atoms. The monoisotopic (exact) mass is 405 g/mol. The van der Waals surface area contributed by atoms with Crippen molar-refractivity contribution in [2.24, 2.45) is 0 Å². The maximum absolute atomic E-state index is 11.8. The topological polar surface area (TPSA) is 52.9 Å². The van der Waals surface area contributed by atoms with Gasteiger partial charge in [0.05, 0.1) is 11.3 Å². The number of amides is 1. The van der Waals surface area contributed by atoms with Crippen molar-refractivity contribution in [2.45, 2.75) is 0 Å². The molecule has 88 valence electrons. The van der Waals surface area contributed by atoms with E-state index in [2.05, 4.69) is 11.4 Å². The number of nitrogens with one attached hydrogen (secondary N) is 1. The van der Waals surface area contributed by atoms with E-state index in [0.717, 1.165) is 0 Å². The third-order valence-corrected chi connectivity index (χ3v) is 2.25. The van der Waals surface area contributed by atoms with Crippen LogP contribution in [0.3, 0.4) is 0 Å². The van der Waals surface area contributed by atoms with Crippen molar-refractivity contribution in [1.82, 2.24) is 0 Å². The molecule has 18 heavy (non-hydrogen) atoms. The molecular formula is C14H9N2OW-. The summed E-state index contributed by atoms with van der Waals surface area (Å²) in [6.07, 6.45) is 0. The number of hydrogen-bond donors (Lipinski definition) is 1. The first-order chi connectivity index (χ1) is 8.31. The minimum atomic E-state index is -0.270. The fourth-order valence-corrected chi connectivity index (χ4v) is 1.41. The molecule has 0 aliphatic rings. The van der Waals surface area contributed by atoms with Crippen molar-refractivity contribution < 1.29 is 25.9 Å². The zero-order chi connectivity index (χ0) is 12.1. The van der Waals surface area contributed by atoms with E-state index in [9.17, 15) is 4.79 Å². The number of para-hydroxylation sites is 1. The van der Waals surface area contributed by atoms with Gasteiger partial charge in [-0.05, 0) is 12.1 Å². The number of nitrogens with zero attached hydrogens (tertiary/aromatic N) is 1. The second kappa shape index (κ2) is 6.73. The Kier molecular flexibility index (Phi) is 5.29. The molecule has 0 atom stereocenters. The Morgan fingerprint density at radius 2 is 1.89 bits per heavy atom. The van der Waals surface area contributed by atoms with Crippen LogP contribution in [0.25, 0.3) is 0 Å². The Hall–Kier alpha value is -1.91. The quantitative estimate of drug-likeness (QED) is 0.782. The van der Waals surface area contributed by atoms with Crippen LogP contribution in [0.15, 0.2) is 48.5 Å². The molecule has 2 aromatic rings. The van der Waals surface area contributed by atoms with Crippen LogP contribution >= 0.6 is 0 Å². The standard InChI is InChI=1S/C14H9N2O.W/c15-10-12-8-4-5-9-13(12)16-14(17)11-6-2-1-3-7-11;/h1-6,8-9H,(H,16,17);/q-1;. The Labute approximate surface area is 120 Å². The minimum Gasteiger partial charge on any atom is -0.361 e. The molecule has 0 unspecified atom stereocenters. The van der Waals surface area contributed by atoms with Gasteiger partial charge in [-0.25, -0.2) is 0 Å². The van der Waals surface area contributed by atoms with Crippen LogP contribution in [-0.2, 0) is 21.1 Å². The molecule has 0 fully saturated rings. The van der Waals surface area contributed by atoms with Crippen molar-refractivity contribution in [3.8, 4) is 6.07 Å². The van der Waals surface area contributed by atoms with Gasteiger partial charge in [0.2, 0.25) is 0 Å². The van der Waals surface area contributed by atoms with E-state index in [1.54, 1.807) is 48.5 Å². The van der Waals surface area contributed by atoms with E-state index >= 15 is 0 Å². The number of benzene rings is 2. The van der Waals surface area contributed by atoms with Gasteiger partial charge < -0.3 is 10.1 Å². The average Bonchev–Trinajstić information content (AvgIpc) is 2.40. The summed E-state index contributed by atoms with van der Waals surface area (Å²) in [7, 11) is 0. The van der Waals surface area contributed by atoms with Crippen LogP contribution in [0.4, 0.5) is 5.69 Å². The molecule has 0 heterocycles. The third kappa shape index (κ3) is 3.29. The molecule has 2 rings (SSSR count). The molecule has 0 bridgehead atoms. The summed E-state index contributed by atoms with van der Waals surface area (Å²) in [5.41, 5.74) is 1.40. The number of anilines is 1. The first-order valence-electron chi connectivity index (χ1n) is 5.08. The Balaban J connectivity index is 0.00000162. The minimum absolute atomic E-state index is 0. The molecule has 0 radical (unpaired) electrons. The van der Waals surface area contributed by atoms with Crippen LogP contribution in [0.1, 0.15) is 15.9 Å². The van der Waals surface area contributed by atoms with Gasteiger partial charge in [0, 0.05) is 21.1 Å². The molecule has 0 saturated heterocycles. The summed E-state index contributed by atoms with van der Waals surface area (Å²) in [6, 6.07) is 18.6. The van der Waals surface area contributed by atoms with E-state index in [1.165, 1.54) is 0 Å². The molecule has 1 amide bonds. The SMILES string of the molecule is N#Cc1ccccc1NC(=O)c1[c-]cccc1.[W]. The second-order valence-electron chi connectivity index (χ2n) is 3.39.